The summed E-state index contributed by atoms with van der Waals surface area (Å²) in [6, 6.07) is 2.21. The van der Waals surface area contributed by atoms with Gasteiger partial charge in [0.05, 0.1) is 15.5 Å². The van der Waals surface area contributed by atoms with Crippen molar-refractivity contribution in [1.29, 1.82) is 0 Å². The van der Waals surface area contributed by atoms with Gasteiger partial charge in [-0.25, -0.2) is 13.1 Å². The number of rotatable bonds is 4. The maximum atomic E-state index is 12.8. The van der Waals surface area contributed by atoms with Crippen molar-refractivity contribution in [2.75, 3.05) is 6.54 Å². The molecule has 9 heteroatoms. The molecule has 2 rings (SSSR count). The highest BCUT2D eigenvalue weighted by Crippen LogP contribution is 2.36. The maximum absolute atomic E-state index is 12.8. The van der Waals surface area contributed by atoms with E-state index in [0.717, 1.165) is 25.0 Å². The molecule has 0 amide bonds. The Bertz CT molecular complexity index is 649. The molecule has 4 nitrogen and oxygen atoms in total. The SMILES string of the molecule is NCC1CCCC1NS(=O)(=O)c1ccc(Cl)c(C(F)(F)F)c1. The molecule has 1 aliphatic carbocycles. The van der Waals surface area contributed by atoms with E-state index >= 15 is 0 Å². The summed E-state index contributed by atoms with van der Waals surface area (Å²) >= 11 is 5.50. The molecule has 1 saturated carbocycles. The molecule has 1 aromatic carbocycles. The van der Waals surface area contributed by atoms with Crippen LogP contribution < -0.4 is 10.5 Å². The van der Waals surface area contributed by atoms with Crippen LogP contribution in [0.15, 0.2) is 23.1 Å². The summed E-state index contributed by atoms with van der Waals surface area (Å²) in [5, 5.41) is -0.535. The minimum atomic E-state index is -4.71. The summed E-state index contributed by atoms with van der Waals surface area (Å²) in [5.74, 6) is 0.00385. The van der Waals surface area contributed by atoms with Crippen molar-refractivity contribution in [3.8, 4) is 0 Å². The summed E-state index contributed by atoms with van der Waals surface area (Å²) in [6.45, 7) is 0.335. The lowest BCUT2D eigenvalue weighted by atomic mass is 10.1. The summed E-state index contributed by atoms with van der Waals surface area (Å²) in [6.07, 6.45) is -2.45. The monoisotopic (exact) mass is 356 g/mol. The van der Waals surface area contributed by atoms with E-state index in [1.165, 1.54) is 0 Å². The number of nitrogens with two attached hydrogens (primary N) is 1. The molecule has 0 saturated heterocycles. The Morgan fingerprint density at radius 1 is 1.32 bits per heavy atom. The van der Waals surface area contributed by atoms with Crippen LogP contribution in [-0.4, -0.2) is 21.0 Å². The topological polar surface area (TPSA) is 72.2 Å². The number of hydrogen-bond acceptors (Lipinski definition) is 3. The van der Waals surface area contributed by atoms with Crippen molar-refractivity contribution in [2.45, 2.75) is 36.4 Å². The van der Waals surface area contributed by atoms with Gasteiger partial charge in [-0.3, -0.25) is 0 Å². The van der Waals surface area contributed by atoms with Gasteiger partial charge >= 0.3 is 6.18 Å². The summed E-state index contributed by atoms with van der Waals surface area (Å²) in [7, 11) is -4.05. The number of benzene rings is 1. The smallest absolute Gasteiger partial charge is 0.330 e. The number of hydrogen-bond donors (Lipinski definition) is 2. The van der Waals surface area contributed by atoms with Gasteiger partial charge in [0.15, 0.2) is 0 Å². The first-order valence-electron chi connectivity index (χ1n) is 6.74. The number of alkyl halides is 3. The molecule has 0 aromatic heterocycles. The third kappa shape index (κ3) is 3.73. The Balaban J connectivity index is 2.30. The lowest BCUT2D eigenvalue weighted by Gasteiger charge is -2.20. The fraction of sp³-hybridized carbons (Fsp3) is 0.538. The first kappa shape index (κ1) is 17.5. The molecule has 2 unspecified atom stereocenters. The van der Waals surface area contributed by atoms with Gasteiger partial charge in [-0.15, -0.1) is 0 Å². The van der Waals surface area contributed by atoms with E-state index < -0.39 is 31.7 Å². The number of nitrogens with one attached hydrogen (secondary N) is 1. The fourth-order valence-corrected chi connectivity index (χ4v) is 4.22. The molecular weight excluding hydrogens is 341 g/mol. The first-order valence-corrected chi connectivity index (χ1v) is 8.60. The van der Waals surface area contributed by atoms with Crippen LogP contribution in [0.3, 0.4) is 0 Å². The molecule has 3 N–H and O–H groups in total. The zero-order chi connectivity index (χ0) is 16.5. The van der Waals surface area contributed by atoms with Gasteiger partial charge in [0.2, 0.25) is 10.0 Å². The maximum Gasteiger partial charge on any atom is 0.417 e. The highest BCUT2D eigenvalue weighted by molar-refractivity contribution is 7.89. The van der Waals surface area contributed by atoms with Crippen molar-refractivity contribution in [3.63, 3.8) is 0 Å². The van der Waals surface area contributed by atoms with Crippen LogP contribution in [-0.2, 0) is 16.2 Å². The van der Waals surface area contributed by atoms with E-state index in [-0.39, 0.29) is 12.0 Å². The molecule has 1 aromatic rings. The van der Waals surface area contributed by atoms with E-state index in [1.54, 1.807) is 0 Å². The highest BCUT2D eigenvalue weighted by Gasteiger charge is 2.35. The third-order valence-corrected chi connectivity index (χ3v) is 5.64. The van der Waals surface area contributed by atoms with Crippen LogP contribution in [0.2, 0.25) is 5.02 Å². The van der Waals surface area contributed by atoms with Gasteiger partial charge < -0.3 is 5.73 Å². The summed E-state index contributed by atoms with van der Waals surface area (Å²) < 4.78 is 65.5. The van der Waals surface area contributed by atoms with Gasteiger partial charge in [-0.1, -0.05) is 18.0 Å². The Morgan fingerprint density at radius 3 is 2.59 bits per heavy atom. The fourth-order valence-electron chi connectivity index (χ4n) is 2.63. The van der Waals surface area contributed by atoms with Crippen molar-refractivity contribution >= 4 is 21.6 Å². The van der Waals surface area contributed by atoms with Gasteiger partial charge in [0.25, 0.3) is 0 Å². The minimum absolute atomic E-state index is 0.00385. The van der Waals surface area contributed by atoms with Crippen LogP contribution in [0.5, 0.6) is 0 Å². The van der Waals surface area contributed by atoms with Gasteiger partial charge in [0.1, 0.15) is 0 Å². The molecule has 2 atom stereocenters. The Hall–Kier alpha value is -0.830. The number of sulfonamides is 1. The molecule has 0 aliphatic heterocycles. The average molecular weight is 357 g/mol. The van der Waals surface area contributed by atoms with Crippen LogP contribution in [0.1, 0.15) is 24.8 Å². The van der Waals surface area contributed by atoms with E-state index in [4.69, 9.17) is 17.3 Å². The predicted octanol–water partition coefficient (Wildman–Crippen LogP) is 2.76. The molecule has 0 bridgehead atoms. The highest BCUT2D eigenvalue weighted by atomic mass is 35.5. The molecule has 0 radical (unpaired) electrons. The second kappa shape index (κ2) is 6.35. The molecule has 0 heterocycles. The van der Waals surface area contributed by atoms with Crippen molar-refractivity contribution < 1.29 is 21.6 Å². The lowest BCUT2D eigenvalue weighted by molar-refractivity contribution is -0.137. The average Bonchev–Trinajstić information content (AvgIpc) is 2.84. The van der Waals surface area contributed by atoms with Crippen LogP contribution in [0.25, 0.3) is 0 Å². The quantitative estimate of drug-likeness (QED) is 0.871. The predicted molar refractivity (Wildman–Crippen MR) is 77.0 cm³/mol. The molecule has 1 aliphatic rings. The molecule has 124 valence electrons. The van der Waals surface area contributed by atoms with Crippen molar-refractivity contribution in [3.05, 3.63) is 28.8 Å². The van der Waals surface area contributed by atoms with Gasteiger partial charge in [-0.2, -0.15) is 13.2 Å². The van der Waals surface area contributed by atoms with Crippen LogP contribution >= 0.6 is 11.6 Å². The summed E-state index contributed by atoms with van der Waals surface area (Å²) in [5.41, 5.74) is 4.41. The van der Waals surface area contributed by atoms with E-state index in [9.17, 15) is 21.6 Å². The Kier molecular flexibility index (Phi) is 5.06. The molecule has 22 heavy (non-hydrogen) atoms. The van der Waals surface area contributed by atoms with E-state index in [0.29, 0.717) is 19.0 Å². The molecule has 0 spiro atoms. The normalized spacial score (nSPS) is 23.0. The van der Waals surface area contributed by atoms with Crippen molar-refractivity contribution in [1.82, 2.24) is 4.72 Å². The first-order chi connectivity index (χ1) is 10.1. The second-order valence-corrected chi connectivity index (χ2v) is 7.42. The molecular formula is C13H16ClF3N2O2S. The van der Waals surface area contributed by atoms with Crippen LogP contribution in [0.4, 0.5) is 13.2 Å². The largest absolute Gasteiger partial charge is 0.417 e. The zero-order valence-electron chi connectivity index (χ0n) is 11.5. The Morgan fingerprint density at radius 2 is 2.00 bits per heavy atom. The second-order valence-electron chi connectivity index (χ2n) is 5.29. The zero-order valence-corrected chi connectivity index (χ0v) is 13.1. The standard InChI is InChI=1S/C13H16ClF3N2O2S/c14-11-5-4-9(6-10(11)13(15,16)17)22(20,21)19-12-3-1-2-8(12)7-18/h4-6,8,12,19H,1-3,7,18H2. The van der Waals surface area contributed by atoms with E-state index in [2.05, 4.69) is 4.72 Å². The molecule has 1 fully saturated rings. The van der Waals surface area contributed by atoms with Crippen LogP contribution in [0, 0.1) is 5.92 Å². The minimum Gasteiger partial charge on any atom is -0.330 e. The van der Waals surface area contributed by atoms with Gasteiger partial charge in [0, 0.05) is 6.04 Å². The lowest BCUT2D eigenvalue weighted by Crippen LogP contribution is -2.39. The van der Waals surface area contributed by atoms with E-state index in [1.807, 2.05) is 0 Å². The summed E-state index contributed by atoms with van der Waals surface area (Å²) in [4.78, 5) is -0.452. The van der Waals surface area contributed by atoms with Gasteiger partial charge in [-0.05, 0) is 43.5 Å². The van der Waals surface area contributed by atoms with Crippen molar-refractivity contribution in [2.24, 2.45) is 11.7 Å². The Labute approximate surface area is 131 Å². The number of halogens is 4. The third-order valence-electron chi connectivity index (χ3n) is 3.82.